The minimum atomic E-state index is -0.0849. The number of nitrogens with zero attached hydrogens (tertiary/aromatic N) is 3. The van der Waals surface area contributed by atoms with E-state index in [2.05, 4.69) is 15.7 Å². The molecule has 0 aliphatic rings. The van der Waals surface area contributed by atoms with Gasteiger partial charge in [-0.15, -0.1) is 0 Å². The summed E-state index contributed by atoms with van der Waals surface area (Å²) in [6.07, 6.45) is 0. The maximum absolute atomic E-state index is 11.5. The molecule has 0 spiro atoms. The van der Waals surface area contributed by atoms with Crippen LogP contribution in [0.2, 0.25) is 10.0 Å². The van der Waals surface area contributed by atoms with Gasteiger partial charge in [-0.05, 0) is 74.2 Å². The van der Waals surface area contributed by atoms with Crippen LogP contribution in [0.4, 0.5) is 11.4 Å². The number of hydrogen-bond donors (Lipinski definition) is 3. The van der Waals surface area contributed by atoms with E-state index in [1.807, 2.05) is 70.7 Å². The molecule has 2 heterocycles. The second-order valence-electron chi connectivity index (χ2n) is 9.23. The summed E-state index contributed by atoms with van der Waals surface area (Å²) in [6.45, 7) is 9.16. The maximum atomic E-state index is 11.5. The summed E-state index contributed by atoms with van der Waals surface area (Å²) in [6, 6.07) is 11.2. The van der Waals surface area contributed by atoms with Gasteiger partial charge in [0.25, 0.3) is 11.1 Å². The van der Waals surface area contributed by atoms with Crippen LogP contribution in [0.25, 0.3) is 0 Å². The predicted molar refractivity (Wildman–Crippen MR) is 153 cm³/mol. The number of halogens is 2. The molecule has 0 saturated carbocycles. The number of aromatic amines is 1. The van der Waals surface area contributed by atoms with Crippen molar-refractivity contribution in [3.05, 3.63) is 101 Å². The fourth-order valence-electron chi connectivity index (χ4n) is 3.84. The molecule has 37 heavy (non-hydrogen) atoms. The smallest absolute Gasteiger partial charge is 0.266 e. The standard InChI is InChI=1S/C14H18ClN3O.C13H16ClN3O/c1-9-6-13(10(2)5-12(9)15)16-8-11-7-14(19)18(4)17(11)3;1-8-5-12(9(2)4-11(8)14)15-7-10-6-13(18)16-17(10)3/h5-7,16H,8H2,1-4H3;4-6,15H,7H2,1-3H3,(H,16,18). The number of hydrogen-bond acceptors (Lipinski definition) is 4. The van der Waals surface area contributed by atoms with E-state index in [1.54, 1.807) is 28.5 Å². The molecule has 0 aliphatic heterocycles. The highest BCUT2D eigenvalue weighted by Gasteiger charge is 2.07. The highest BCUT2D eigenvalue weighted by atomic mass is 35.5. The van der Waals surface area contributed by atoms with Crippen LogP contribution in [0.1, 0.15) is 33.6 Å². The largest absolute Gasteiger partial charge is 0.379 e. The molecule has 2 aromatic carbocycles. The van der Waals surface area contributed by atoms with E-state index in [-0.39, 0.29) is 11.1 Å². The molecule has 4 aromatic rings. The second-order valence-corrected chi connectivity index (χ2v) is 10.0. The lowest BCUT2D eigenvalue weighted by atomic mass is 10.1. The van der Waals surface area contributed by atoms with Crippen molar-refractivity contribution >= 4 is 34.6 Å². The average molecular weight is 546 g/mol. The zero-order valence-electron chi connectivity index (χ0n) is 22.3. The third-order valence-electron chi connectivity index (χ3n) is 6.41. The molecule has 0 amide bonds. The third-order valence-corrected chi connectivity index (χ3v) is 7.23. The van der Waals surface area contributed by atoms with Crippen LogP contribution >= 0.6 is 23.2 Å². The van der Waals surface area contributed by atoms with Crippen LogP contribution in [0.5, 0.6) is 0 Å². The van der Waals surface area contributed by atoms with Gasteiger partial charge in [0.2, 0.25) is 0 Å². The first-order chi connectivity index (χ1) is 17.4. The number of H-pyrrole nitrogens is 1. The van der Waals surface area contributed by atoms with E-state index >= 15 is 0 Å². The fourth-order valence-corrected chi connectivity index (χ4v) is 4.27. The van der Waals surface area contributed by atoms with Crippen molar-refractivity contribution < 1.29 is 0 Å². The van der Waals surface area contributed by atoms with E-state index in [1.165, 1.54) is 0 Å². The number of aryl methyl sites for hydroxylation is 5. The molecule has 0 atom stereocenters. The molecule has 0 unspecified atom stereocenters. The second kappa shape index (κ2) is 11.8. The Morgan fingerprint density at radius 1 is 0.676 bits per heavy atom. The summed E-state index contributed by atoms with van der Waals surface area (Å²) in [5.74, 6) is 0. The molecule has 10 heteroatoms. The molecule has 3 N–H and O–H groups in total. The van der Waals surface area contributed by atoms with Gasteiger partial charge in [0, 0.05) is 54.7 Å². The van der Waals surface area contributed by atoms with Gasteiger partial charge in [0.15, 0.2) is 0 Å². The lowest BCUT2D eigenvalue weighted by molar-refractivity contribution is 0.560. The Morgan fingerprint density at radius 2 is 1.16 bits per heavy atom. The lowest BCUT2D eigenvalue weighted by Gasteiger charge is -2.12. The van der Waals surface area contributed by atoms with Crippen molar-refractivity contribution in [1.82, 2.24) is 19.1 Å². The van der Waals surface area contributed by atoms with Crippen molar-refractivity contribution in [2.75, 3.05) is 10.6 Å². The zero-order chi connectivity index (χ0) is 27.4. The first-order valence-electron chi connectivity index (χ1n) is 11.9. The molecule has 2 aromatic heterocycles. The number of nitrogens with one attached hydrogen (secondary N) is 3. The summed E-state index contributed by atoms with van der Waals surface area (Å²) in [4.78, 5) is 22.7. The van der Waals surface area contributed by atoms with Crippen LogP contribution < -0.4 is 21.8 Å². The van der Waals surface area contributed by atoms with Gasteiger partial charge in [-0.3, -0.25) is 28.7 Å². The normalized spacial score (nSPS) is 10.7. The Hall–Kier alpha value is -3.36. The van der Waals surface area contributed by atoms with Crippen molar-refractivity contribution in [1.29, 1.82) is 0 Å². The van der Waals surface area contributed by atoms with Gasteiger partial charge >= 0.3 is 0 Å². The number of aromatic nitrogens is 4. The topological polar surface area (TPSA) is 88.8 Å². The monoisotopic (exact) mass is 544 g/mol. The Balaban J connectivity index is 0.000000206. The maximum Gasteiger partial charge on any atom is 0.266 e. The van der Waals surface area contributed by atoms with Crippen LogP contribution in [-0.4, -0.2) is 19.1 Å². The van der Waals surface area contributed by atoms with E-state index < -0.39 is 0 Å². The van der Waals surface area contributed by atoms with E-state index in [0.717, 1.165) is 55.1 Å². The lowest BCUT2D eigenvalue weighted by Crippen LogP contribution is -2.17. The van der Waals surface area contributed by atoms with Crippen molar-refractivity contribution in [3.63, 3.8) is 0 Å². The SMILES string of the molecule is Cc1cc(NCc2cc(=O)[nH]n2C)c(C)cc1Cl.Cc1cc(NCc2cc(=O)n(C)n2C)c(C)cc1Cl. The first-order valence-corrected chi connectivity index (χ1v) is 12.6. The molecular weight excluding hydrogens is 511 g/mol. The van der Waals surface area contributed by atoms with Gasteiger partial charge < -0.3 is 10.6 Å². The van der Waals surface area contributed by atoms with Crippen LogP contribution in [0.15, 0.2) is 46.0 Å². The zero-order valence-corrected chi connectivity index (χ0v) is 23.8. The minimum Gasteiger partial charge on any atom is -0.379 e. The van der Waals surface area contributed by atoms with Crippen LogP contribution in [0, 0.1) is 27.7 Å². The van der Waals surface area contributed by atoms with Crippen LogP contribution in [0.3, 0.4) is 0 Å². The first kappa shape index (κ1) is 28.2. The van der Waals surface area contributed by atoms with Gasteiger partial charge in [-0.2, -0.15) is 0 Å². The molecular formula is C27H34Cl2N6O2. The fraction of sp³-hybridized carbons (Fsp3) is 0.333. The molecule has 198 valence electrons. The summed E-state index contributed by atoms with van der Waals surface area (Å²) in [5, 5.41) is 10.9. The Kier molecular flexibility index (Phi) is 8.99. The number of benzene rings is 2. The molecule has 0 saturated heterocycles. The Morgan fingerprint density at radius 3 is 1.57 bits per heavy atom. The number of rotatable bonds is 6. The molecule has 4 rings (SSSR count). The van der Waals surface area contributed by atoms with Crippen molar-refractivity contribution in [2.24, 2.45) is 21.1 Å². The Bertz CT molecular complexity index is 1530. The van der Waals surface area contributed by atoms with E-state index in [0.29, 0.717) is 13.1 Å². The molecule has 0 bridgehead atoms. The quantitative estimate of drug-likeness (QED) is 0.311. The van der Waals surface area contributed by atoms with Gasteiger partial charge in [-0.25, -0.2) is 0 Å². The third kappa shape index (κ3) is 6.90. The van der Waals surface area contributed by atoms with Crippen molar-refractivity contribution in [2.45, 2.75) is 40.8 Å². The Labute approximate surface area is 226 Å². The van der Waals surface area contributed by atoms with Gasteiger partial charge in [0.1, 0.15) is 0 Å². The highest BCUT2D eigenvalue weighted by molar-refractivity contribution is 6.31. The summed E-state index contributed by atoms with van der Waals surface area (Å²) in [7, 11) is 5.44. The molecule has 0 radical (unpaired) electrons. The number of anilines is 2. The van der Waals surface area contributed by atoms with Crippen LogP contribution in [-0.2, 0) is 34.2 Å². The molecule has 0 aliphatic carbocycles. The predicted octanol–water partition coefficient (Wildman–Crippen LogP) is 5.20. The molecule has 8 nitrogen and oxygen atoms in total. The minimum absolute atomic E-state index is 0.00306. The van der Waals surface area contributed by atoms with Gasteiger partial charge in [-0.1, -0.05) is 23.2 Å². The van der Waals surface area contributed by atoms with Crippen molar-refractivity contribution in [3.8, 4) is 0 Å². The average Bonchev–Trinajstić information content (AvgIpc) is 3.28. The summed E-state index contributed by atoms with van der Waals surface area (Å²) < 4.78 is 5.14. The summed E-state index contributed by atoms with van der Waals surface area (Å²) >= 11 is 12.1. The van der Waals surface area contributed by atoms with E-state index in [9.17, 15) is 9.59 Å². The van der Waals surface area contributed by atoms with E-state index in [4.69, 9.17) is 23.2 Å². The molecule has 0 fully saturated rings. The highest BCUT2D eigenvalue weighted by Crippen LogP contribution is 2.25. The summed E-state index contributed by atoms with van der Waals surface area (Å²) in [5.41, 5.74) is 8.10. The van der Waals surface area contributed by atoms with Gasteiger partial charge in [0.05, 0.1) is 24.5 Å².